The lowest BCUT2D eigenvalue weighted by atomic mass is 9.98. The Morgan fingerprint density at radius 1 is 1.52 bits per heavy atom. The molecular weight excluding hydrogens is 318 g/mol. The molecule has 1 aliphatic rings. The number of carbonyl (C=O) groups is 2. The number of esters is 1. The first-order chi connectivity index (χ1) is 10.8. The number of aryl methyl sites for hydroxylation is 2. The van der Waals surface area contributed by atoms with Crippen molar-refractivity contribution in [3.05, 3.63) is 28.0 Å². The summed E-state index contributed by atoms with van der Waals surface area (Å²) in [6, 6.07) is 3.82. The molecule has 1 N–H and O–H groups in total. The number of nitrogens with zero attached hydrogens (tertiary/aromatic N) is 2. The molecule has 23 heavy (non-hydrogen) atoms. The fourth-order valence-electron chi connectivity index (χ4n) is 2.45. The third-order valence-electron chi connectivity index (χ3n) is 3.86. The van der Waals surface area contributed by atoms with E-state index >= 15 is 0 Å². The van der Waals surface area contributed by atoms with E-state index in [0.29, 0.717) is 11.3 Å². The molecule has 0 aromatic carbocycles. The minimum Gasteiger partial charge on any atom is -0.452 e. The number of nitriles is 1. The minimum atomic E-state index is -0.914. The molecule has 0 saturated heterocycles. The van der Waals surface area contributed by atoms with Gasteiger partial charge in [0.1, 0.15) is 10.7 Å². The van der Waals surface area contributed by atoms with Crippen LogP contribution in [0.5, 0.6) is 0 Å². The van der Waals surface area contributed by atoms with E-state index in [1.807, 2.05) is 0 Å². The third kappa shape index (κ3) is 3.99. The molecule has 1 atom stereocenters. The molecule has 1 fully saturated rings. The average molecular weight is 336 g/mol. The normalized spacial score (nSPS) is 16.1. The Kier molecular flexibility index (Phi) is 4.90. The van der Waals surface area contributed by atoms with Gasteiger partial charge in [-0.2, -0.15) is 5.26 Å². The van der Waals surface area contributed by atoms with Gasteiger partial charge in [-0.05, 0) is 51.2 Å². The summed E-state index contributed by atoms with van der Waals surface area (Å²) in [5.41, 5.74) is 0.557. The van der Waals surface area contributed by atoms with Crippen molar-refractivity contribution in [3.8, 4) is 6.07 Å². The number of hydrogen-bond donors (Lipinski definition) is 1. The van der Waals surface area contributed by atoms with Gasteiger partial charge in [-0.3, -0.25) is 4.79 Å². The molecule has 0 aliphatic heterocycles. The molecule has 1 amide bonds. The van der Waals surface area contributed by atoms with Crippen LogP contribution < -0.4 is 5.32 Å². The highest BCUT2D eigenvalue weighted by Gasteiger charge is 2.43. The van der Waals surface area contributed by atoms with Crippen molar-refractivity contribution < 1.29 is 14.3 Å². The second kappa shape index (κ2) is 6.55. The summed E-state index contributed by atoms with van der Waals surface area (Å²) in [7, 11) is 0. The number of nitrogens with one attached hydrogen (secondary N) is 1. The summed E-state index contributed by atoms with van der Waals surface area (Å²) < 4.78 is 5.00. The first kappa shape index (κ1) is 17.2. The first-order valence-corrected chi connectivity index (χ1v) is 7.67. The Morgan fingerprint density at radius 3 is 2.70 bits per heavy atom. The lowest BCUT2D eigenvalue weighted by Crippen LogP contribution is -2.48. The monoisotopic (exact) mass is 335 g/mol. The minimum absolute atomic E-state index is 0.0488. The maximum Gasteiger partial charge on any atom is 0.342 e. The van der Waals surface area contributed by atoms with E-state index in [2.05, 4.69) is 16.4 Å². The van der Waals surface area contributed by atoms with E-state index in [-0.39, 0.29) is 16.6 Å². The number of aromatic nitrogens is 1. The number of rotatable bonds is 5. The van der Waals surface area contributed by atoms with E-state index in [1.165, 1.54) is 0 Å². The zero-order chi connectivity index (χ0) is 17.2. The van der Waals surface area contributed by atoms with Crippen LogP contribution in [0.15, 0.2) is 6.07 Å². The van der Waals surface area contributed by atoms with Crippen LogP contribution in [-0.2, 0) is 9.53 Å². The van der Waals surface area contributed by atoms with Gasteiger partial charge in [-0.25, -0.2) is 9.78 Å². The summed E-state index contributed by atoms with van der Waals surface area (Å²) in [6.45, 7) is 4.70. The highest BCUT2D eigenvalue weighted by molar-refractivity contribution is 6.32. The third-order valence-corrected chi connectivity index (χ3v) is 4.14. The molecule has 1 heterocycles. The van der Waals surface area contributed by atoms with Gasteiger partial charge in [0.25, 0.3) is 5.91 Å². The Balaban J connectivity index is 1.97. The second-order valence-corrected chi connectivity index (χ2v) is 6.32. The van der Waals surface area contributed by atoms with E-state index in [1.54, 1.807) is 26.8 Å². The average Bonchev–Trinajstić information content (AvgIpc) is 3.28. The summed E-state index contributed by atoms with van der Waals surface area (Å²) >= 11 is 5.97. The smallest absolute Gasteiger partial charge is 0.342 e. The second-order valence-electron chi connectivity index (χ2n) is 5.96. The van der Waals surface area contributed by atoms with Gasteiger partial charge in [0.2, 0.25) is 0 Å². The lowest BCUT2D eigenvalue weighted by Gasteiger charge is -2.22. The summed E-state index contributed by atoms with van der Waals surface area (Å²) in [6.07, 6.45) is 1.82. The van der Waals surface area contributed by atoms with Crippen molar-refractivity contribution in [1.29, 1.82) is 5.26 Å². The van der Waals surface area contributed by atoms with Crippen molar-refractivity contribution in [2.45, 2.75) is 39.2 Å². The standard InChI is InChI=1S/C16H18ClN3O3/c1-9-6-10(2)19-14(17)13(9)15(22)23-7-12(21)20-16(3,8-18)11-4-5-11/h6,11H,4-5,7H2,1-3H3,(H,20,21)/t16-/m1/s1. The quantitative estimate of drug-likeness (QED) is 0.658. The molecule has 1 aromatic heterocycles. The fourth-order valence-corrected chi connectivity index (χ4v) is 2.81. The van der Waals surface area contributed by atoms with Crippen LogP contribution in [0.4, 0.5) is 0 Å². The van der Waals surface area contributed by atoms with Gasteiger partial charge in [0.05, 0.1) is 11.6 Å². The number of pyridine rings is 1. The topological polar surface area (TPSA) is 92.1 Å². The molecule has 6 nitrogen and oxygen atoms in total. The van der Waals surface area contributed by atoms with Crippen LogP contribution in [0.25, 0.3) is 0 Å². The van der Waals surface area contributed by atoms with Gasteiger partial charge < -0.3 is 10.1 Å². The van der Waals surface area contributed by atoms with Crippen molar-refractivity contribution >= 4 is 23.5 Å². The summed E-state index contributed by atoms with van der Waals surface area (Å²) in [4.78, 5) is 28.0. The summed E-state index contributed by atoms with van der Waals surface area (Å²) in [5, 5.41) is 11.9. The number of carbonyl (C=O) groups excluding carboxylic acids is 2. The van der Waals surface area contributed by atoms with E-state index < -0.39 is 24.0 Å². The van der Waals surface area contributed by atoms with Gasteiger partial charge in [0.15, 0.2) is 6.61 Å². The van der Waals surface area contributed by atoms with E-state index in [4.69, 9.17) is 16.3 Å². The van der Waals surface area contributed by atoms with E-state index in [9.17, 15) is 14.9 Å². The molecule has 1 aromatic rings. The molecule has 0 unspecified atom stereocenters. The van der Waals surface area contributed by atoms with Crippen LogP contribution in [0.2, 0.25) is 5.15 Å². The number of halogens is 1. The van der Waals surface area contributed by atoms with Gasteiger partial charge in [-0.1, -0.05) is 11.6 Å². The van der Waals surface area contributed by atoms with Gasteiger partial charge >= 0.3 is 5.97 Å². The summed E-state index contributed by atoms with van der Waals surface area (Å²) in [5.74, 6) is -1.06. The maximum absolute atomic E-state index is 12.1. The number of ether oxygens (including phenoxy) is 1. The van der Waals surface area contributed by atoms with Crippen LogP contribution in [0.3, 0.4) is 0 Å². The Hall–Kier alpha value is -2.13. The molecule has 7 heteroatoms. The molecule has 1 aliphatic carbocycles. The SMILES string of the molecule is Cc1cc(C)c(C(=O)OCC(=O)N[C@](C)(C#N)C2CC2)c(Cl)n1. The Labute approximate surface area is 139 Å². The predicted molar refractivity (Wildman–Crippen MR) is 83.9 cm³/mol. The molecule has 0 spiro atoms. The van der Waals surface area contributed by atoms with Crippen LogP contribution in [0.1, 0.15) is 41.4 Å². The van der Waals surface area contributed by atoms with Crippen molar-refractivity contribution in [2.75, 3.05) is 6.61 Å². The highest BCUT2D eigenvalue weighted by Crippen LogP contribution is 2.39. The van der Waals surface area contributed by atoms with Crippen LogP contribution in [-0.4, -0.2) is 29.0 Å². The number of hydrogen-bond acceptors (Lipinski definition) is 5. The zero-order valence-electron chi connectivity index (χ0n) is 13.3. The molecule has 122 valence electrons. The maximum atomic E-state index is 12.1. The molecule has 1 saturated carbocycles. The van der Waals surface area contributed by atoms with Crippen LogP contribution in [0, 0.1) is 31.1 Å². The molecule has 0 radical (unpaired) electrons. The fraction of sp³-hybridized carbons (Fsp3) is 0.500. The van der Waals surface area contributed by atoms with Crippen molar-refractivity contribution in [3.63, 3.8) is 0 Å². The van der Waals surface area contributed by atoms with Crippen molar-refractivity contribution in [2.24, 2.45) is 5.92 Å². The zero-order valence-corrected chi connectivity index (χ0v) is 14.0. The Morgan fingerprint density at radius 2 is 2.17 bits per heavy atom. The number of amides is 1. The van der Waals surface area contributed by atoms with Gasteiger partial charge in [0, 0.05) is 5.69 Å². The molecular formula is C16H18ClN3O3. The largest absolute Gasteiger partial charge is 0.452 e. The van der Waals surface area contributed by atoms with Crippen LogP contribution >= 0.6 is 11.6 Å². The Bertz CT molecular complexity index is 671. The lowest BCUT2D eigenvalue weighted by molar-refractivity contribution is -0.125. The molecule has 2 rings (SSSR count). The first-order valence-electron chi connectivity index (χ1n) is 7.30. The predicted octanol–water partition coefficient (Wildman–Crippen LogP) is 2.32. The van der Waals surface area contributed by atoms with Crippen molar-refractivity contribution in [1.82, 2.24) is 10.3 Å². The van der Waals surface area contributed by atoms with E-state index in [0.717, 1.165) is 12.8 Å². The molecule has 0 bridgehead atoms. The highest BCUT2D eigenvalue weighted by atomic mass is 35.5. The van der Waals surface area contributed by atoms with Gasteiger partial charge in [-0.15, -0.1) is 0 Å².